The van der Waals surface area contributed by atoms with Gasteiger partial charge in [0.25, 0.3) is 0 Å². The summed E-state index contributed by atoms with van der Waals surface area (Å²) in [5.74, 6) is -4.46. The highest BCUT2D eigenvalue weighted by atomic mass is 35.5. The van der Waals surface area contributed by atoms with Crippen LogP contribution in [0.4, 0.5) is 4.39 Å². The Bertz CT molecular complexity index is 452. The van der Waals surface area contributed by atoms with E-state index in [0.717, 1.165) is 6.07 Å². The van der Waals surface area contributed by atoms with Crippen LogP contribution < -0.4 is 10.5 Å². The zero-order valence-corrected chi connectivity index (χ0v) is 9.66. The minimum atomic E-state index is -1.39. The lowest BCUT2D eigenvalue weighted by molar-refractivity contribution is -0.138. The summed E-state index contributed by atoms with van der Waals surface area (Å²) in [6.45, 7) is -0.372. The highest BCUT2D eigenvalue weighted by molar-refractivity contribution is 6.31. The molecule has 1 rings (SSSR count). The first kappa shape index (κ1) is 13.5. The predicted octanol–water partition coefficient (Wildman–Crippen LogP) is 1.32. The number of phenolic OH excluding ortho intramolecular Hbond substituents is 1. The fourth-order valence-corrected chi connectivity index (χ4v) is 1.63. The fourth-order valence-electron chi connectivity index (χ4n) is 1.43. The largest absolute Gasteiger partial charge is 0.504 e. The van der Waals surface area contributed by atoms with Gasteiger partial charge in [-0.3, -0.25) is 4.79 Å². The Labute approximate surface area is 102 Å². The molecule has 1 atom stereocenters. The molecule has 0 heterocycles. The number of phenols is 1. The highest BCUT2D eigenvalue weighted by Crippen LogP contribution is 2.40. The van der Waals surface area contributed by atoms with Crippen molar-refractivity contribution in [1.29, 1.82) is 0 Å². The zero-order chi connectivity index (χ0) is 13.2. The number of aliphatic carboxylic acids is 1. The molecule has 17 heavy (non-hydrogen) atoms. The first-order valence-electron chi connectivity index (χ1n) is 4.61. The molecule has 0 fully saturated rings. The SMILES string of the molecule is COc1cc(Cl)c(F)c(C(CN)C(=O)O)c1O. The van der Waals surface area contributed by atoms with Gasteiger partial charge in [0, 0.05) is 12.6 Å². The van der Waals surface area contributed by atoms with Crippen LogP contribution in [0.15, 0.2) is 6.07 Å². The summed E-state index contributed by atoms with van der Waals surface area (Å²) < 4.78 is 18.5. The maximum Gasteiger partial charge on any atom is 0.312 e. The van der Waals surface area contributed by atoms with Gasteiger partial charge in [-0.2, -0.15) is 0 Å². The van der Waals surface area contributed by atoms with Crippen molar-refractivity contribution in [2.45, 2.75) is 5.92 Å². The Morgan fingerprint density at radius 3 is 2.71 bits per heavy atom. The molecule has 7 heteroatoms. The normalized spacial score (nSPS) is 12.2. The number of carbonyl (C=O) groups is 1. The number of halogens is 2. The van der Waals surface area contributed by atoms with Gasteiger partial charge in [0.05, 0.1) is 17.7 Å². The zero-order valence-electron chi connectivity index (χ0n) is 8.91. The van der Waals surface area contributed by atoms with Crippen LogP contribution in [0.1, 0.15) is 11.5 Å². The number of hydrogen-bond acceptors (Lipinski definition) is 4. The Balaban J connectivity index is 3.49. The third kappa shape index (κ3) is 2.42. The number of aromatic hydroxyl groups is 1. The molecule has 0 saturated carbocycles. The average Bonchev–Trinajstić information content (AvgIpc) is 2.28. The van der Waals surface area contributed by atoms with Crippen molar-refractivity contribution in [1.82, 2.24) is 0 Å². The summed E-state index contributed by atoms with van der Waals surface area (Å²) in [6.07, 6.45) is 0. The Kier molecular flexibility index (Phi) is 4.14. The van der Waals surface area contributed by atoms with Crippen molar-refractivity contribution < 1.29 is 24.1 Å². The lowest BCUT2D eigenvalue weighted by atomic mass is 9.97. The molecular weight excluding hydrogens is 253 g/mol. The molecule has 0 amide bonds. The highest BCUT2D eigenvalue weighted by Gasteiger charge is 2.29. The number of carboxylic acid groups (broad SMARTS) is 1. The third-order valence-electron chi connectivity index (χ3n) is 2.29. The fraction of sp³-hybridized carbons (Fsp3) is 0.300. The molecular formula is C10H11ClFNO4. The van der Waals surface area contributed by atoms with Gasteiger partial charge in [-0.15, -0.1) is 0 Å². The summed E-state index contributed by atoms with van der Waals surface area (Å²) >= 11 is 5.58. The van der Waals surface area contributed by atoms with Gasteiger partial charge in [-0.1, -0.05) is 11.6 Å². The van der Waals surface area contributed by atoms with Gasteiger partial charge < -0.3 is 20.7 Å². The molecule has 0 bridgehead atoms. The standard InChI is InChI=1S/C10H11ClFNO4/c1-17-6-2-5(11)8(12)7(9(6)14)4(3-13)10(15)16/h2,4,14H,3,13H2,1H3,(H,15,16). The number of hydrogen-bond donors (Lipinski definition) is 3. The van der Waals surface area contributed by atoms with E-state index in [1.54, 1.807) is 0 Å². The van der Waals surface area contributed by atoms with Crippen molar-refractivity contribution in [3.05, 3.63) is 22.5 Å². The van der Waals surface area contributed by atoms with Crippen molar-refractivity contribution >= 4 is 17.6 Å². The predicted molar refractivity (Wildman–Crippen MR) is 59.1 cm³/mol. The second-order valence-electron chi connectivity index (χ2n) is 3.26. The second kappa shape index (κ2) is 5.20. The van der Waals surface area contributed by atoms with Gasteiger partial charge in [-0.05, 0) is 0 Å². The van der Waals surface area contributed by atoms with Gasteiger partial charge >= 0.3 is 5.97 Å². The van der Waals surface area contributed by atoms with E-state index in [0.29, 0.717) is 0 Å². The van der Waals surface area contributed by atoms with Gasteiger partial charge in [0.15, 0.2) is 11.5 Å². The minimum Gasteiger partial charge on any atom is -0.504 e. The van der Waals surface area contributed by atoms with Gasteiger partial charge in [-0.25, -0.2) is 4.39 Å². The van der Waals surface area contributed by atoms with E-state index < -0.39 is 29.0 Å². The van der Waals surface area contributed by atoms with E-state index >= 15 is 0 Å². The monoisotopic (exact) mass is 263 g/mol. The second-order valence-corrected chi connectivity index (χ2v) is 3.67. The maximum absolute atomic E-state index is 13.7. The summed E-state index contributed by atoms with van der Waals surface area (Å²) in [5, 5.41) is 18.3. The molecule has 1 unspecified atom stereocenters. The molecule has 0 radical (unpaired) electrons. The van der Waals surface area contributed by atoms with E-state index in [1.807, 2.05) is 0 Å². The minimum absolute atomic E-state index is 0.105. The number of carboxylic acids is 1. The Hall–Kier alpha value is -1.53. The first-order valence-corrected chi connectivity index (χ1v) is 4.99. The van der Waals surface area contributed by atoms with Crippen LogP contribution in [0.3, 0.4) is 0 Å². The van der Waals surface area contributed by atoms with Crippen LogP contribution in [0, 0.1) is 5.82 Å². The maximum atomic E-state index is 13.7. The van der Waals surface area contributed by atoms with Crippen molar-refractivity contribution in [3.63, 3.8) is 0 Å². The average molecular weight is 264 g/mol. The van der Waals surface area contributed by atoms with Crippen LogP contribution in [0.25, 0.3) is 0 Å². The number of ether oxygens (including phenoxy) is 1. The topological polar surface area (TPSA) is 92.8 Å². The smallest absolute Gasteiger partial charge is 0.312 e. The first-order chi connectivity index (χ1) is 7.93. The Morgan fingerprint density at radius 1 is 1.71 bits per heavy atom. The molecule has 0 spiro atoms. The van der Waals surface area contributed by atoms with Crippen LogP contribution in [0.5, 0.6) is 11.5 Å². The number of rotatable bonds is 4. The molecule has 0 aliphatic rings. The summed E-state index contributed by atoms with van der Waals surface area (Å²) in [7, 11) is 1.24. The molecule has 0 saturated heterocycles. The van der Waals surface area contributed by atoms with E-state index in [-0.39, 0.29) is 17.3 Å². The number of benzene rings is 1. The van der Waals surface area contributed by atoms with Crippen LogP contribution >= 0.6 is 11.6 Å². The van der Waals surface area contributed by atoms with Crippen LogP contribution in [-0.2, 0) is 4.79 Å². The lowest BCUT2D eigenvalue weighted by Gasteiger charge is -2.16. The summed E-state index contributed by atoms with van der Waals surface area (Å²) in [4.78, 5) is 10.9. The van der Waals surface area contributed by atoms with Gasteiger partial charge in [0.2, 0.25) is 0 Å². The van der Waals surface area contributed by atoms with Crippen molar-refractivity contribution in [2.75, 3.05) is 13.7 Å². The molecule has 0 aliphatic carbocycles. The molecule has 0 aromatic heterocycles. The van der Waals surface area contributed by atoms with E-state index in [4.69, 9.17) is 27.2 Å². The Morgan fingerprint density at radius 2 is 2.29 bits per heavy atom. The lowest BCUT2D eigenvalue weighted by Crippen LogP contribution is -2.22. The van der Waals surface area contributed by atoms with Crippen molar-refractivity contribution in [3.8, 4) is 11.5 Å². The van der Waals surface area contributed by atoms with E-state index in [1.165, 1.54) is 7.11 Å². The van der Waals surface area contributed by atoms with Gasteiger partial charge in [0.1, 0.15) is 11.7 Å². The quantitative estimate of drug-likeness (QED) is 0.762. The van der Waals surface area contributed by atoms with Crippen molar-refractivity contribution in [2.24, 2.45) is 5.73 Å². The molecule has 4 N–H and O–H groups in total. The molecule has 94 valence electrons. The molecule has 1 aromatic rings. The number of methoxy groups -OCH3 is 1. The third-order valence-corrected chi connectivity index (χ3v) is 2.57. The van der Waals surface area contributed by atoms with Crippen LogP contribution in [0.2, 0.25) is 5.02 Å². The van der Waals surface area contributed by atoms with Crippen LogP contribution in [-0.4, -0.2) is 29.8 Å². The summed E-state index contributed by atoms with van der Waals surface area (Å²) in [5.41, 5.74) is 4.77. The molecule has 0 aliphatic heterocycles. The molecule has 1 aromatic carbocycles. The molecule has 5 nitrogen and oxygen atoms in total. The summed E-state index contributed by atoms with van der Waals surface area (Å²) in [6, 6.07) is 1.06. The number of nitrogens with two attached hydrogens (primary N) is 1. The van der Waals surface area contributed by atoms with E-state index in [9.17, 15) is 14.3 Å². The van der Waals surface area contributed by atoms with E-state index in [2.05, 4.69) is 0 Å².